The average Bonchev–Trinajstić information content (AvgIpc) is 3.20. The Hall–Kier alpha value is -1.95. The van der Waals surface area contributed by atoms with E-state index in [1.807, 2.05) is 0 Å². The van der Waals surface area contributed by atoms with E-state index in [2.05, 4.69) is 22.6 Å². The van der Waals surface area contributed by atoms with Gasteiger partial charge < -0.3 is 19.4 Å². The SMILES string of the molecule is C=C(C)C(=O)O.C=COC(=O)C1CC1.O=CC1CO1. The van der Waals surface area contributed by atoms with E-state index in [9.17, 15) is 14.4 Å². The van der Waals surface area contributed by atoms with Crippen LogP contribution in [0, 0.1) is 5.92 Å². The van der Waals surface area contributed by atoms with Crippen molar-refractivity contribution in [1.82, 2.24) is 0 Å². The molecule has 1 unspecified atom stereocenters. The van der Waals surface area contributed by atoms with Gasteiger partial charge in [0, 0.05) is 5.57 Å². The smallest absolute Gasteiger partial charge is 0.330 e. The molecule has 0 amide bonds. The van der Waals surface area contributed by atoms with Gasteiger partial charge in [0.15, 0.2) is 6.29 Å². The first-order chi connectivity index (χ1) is 8.92. The molecular weight excluding hydrogens is 252 g/mol. The quantitative estimate of drug-likeness (QED) is 0.272. The highest BCUT2D eigenvalue weighted by Crippen LogP contribution is 2.29. The molecule has 6 nitrogen and oxygen atoms in total. The summed E-state index contributed by atoms with van der Waals surface area (Å²) in [7, 11) is 0. The lowest BCUT2D eigenvalue weighted by Gasteiger charge is -1.90. The van der Waals surface area contributed by atoms with Crippen molar-refractivity contribution in [3.63, 3.8) is 0 Å². The number of aliphatic carboxylic acids is 1. The summed E-state index contributed by atoms with van der Waals surface area (Å²) >= 11 is 0. The first-order valence-electron chi connectivity index (χ1n) is 5.69. The molecule has 2 aliphatic rings. The Kier molecular flexibility index (Phi) is 8.12. The Morgan fingerprint density at radius 2 is 1.89 bits per heavy atom. The lowest BCUT2D eigenvalue weighted by atomic mass is 10.4. The minimum atomic E-state index is -0.935. The summed E-state index contributed by atoms with van der Waals surface area (Å²) in [6, 6.07) is 0. The van der Waals surface area contributed by atoms with Gasteiger partial charge in [-0.1, -0.05) is 13.2 Å². The van der Waals surface area contributed by atoms with Gasteiger partial charge in [0.2, 0.25) is 0 Å². The Morgan fingerprint density at radius 1 is 1.42 bits per heavy atom. The number of carboxylic acid groups (broad SMARTS) is 1. The van der Waals surface area contributed by atoms with Gasteiger partial charge in [0.25, 0.3) is 0 Å². The predicted molar refractivity (Wildman–Crippen MR) is 67.3 cm³/mol. The van der Waals surface area contributed by atoms with E-state index in [-0.39, 0.29) is 23.6 Å². The molecule has 1 atom stereocenters. The number of epoxide rings is 1. The van der Waals surface area contributed by atoms with E-state index in [0.29, 0.717) is 6.61 Å². The zero-order valence-electron chi connectivity index (χ0n) is 10.8. The third kappa shape index (κ3) is 10.9. The number of hydrogen-bond donors (Lipinski definition) is 1. The van der Waals surface area contributed by atoms with Crippen LogP contribution in [0.1, 0.15) is 19.8 Å². The lowest BCUT2D eigenvalue weighted by molar-refractivity contribution is -0.139. The molecule has 0 aromatic rings. The van der Waals surface area contributed by atoms with Crippen molar-refractivity contribution in [2.24, 2.45) is 5.92 Å². The molecule has 1 aliphatic heterocycles. The summed E-state index contributed by atoms with van der Waals surface area (Å²) in [4.78, 5) is 29.6. The van der Waals surface area contributed by atoms with Crippen molar-refractivity contribution in [1.29, 1.82) is 0 Å². The number of aldehydes is 1. The minimum Gasteiger partial charge on any atom is -0.478 e. The second-order valence-corrected chi connectivity index (χ2v) is 3.97. The zero-order valence-corrected chi connectivity index (χ0v) is 10.8. The number of carbonyl (C=O) groups excluding carboxylic acids is 2. The monoisotopic (exact) mass is 270 g/mol. The number of carbonyl (C=O) groups is 3. The number of esters is 1. The fraction of sp³-hybridized carbons (Fsp3) is 0.462. The van der Waals surface area contributed by atoms with Crippen LogP contribution in [0.25, 0.3) is 0 Å². The summed E-state index contributed by atoms with van der Waals surface area (Å²) < 4.78 is 8.98. The Morgan fingerprint density at radius 3 is 2.05 bits per heavy atom. The van der Waals surface area contributed by atoms with Crippen molar-refractivity contribution < 1.29 is 29.0 Å². The highest BCUT2D eigenvalue weighted by atomic mass is 16.6. The number of hydrogen-bond acceptors (Lipinski definition) is 5. The molecule has 6 heteroatoms. The van der Waals surface area contributed by atoms with Gasteiger partial charge in [0.05, 0.1) is 18.8 Å². The molecule has 0 spiro atoms. The normalized spacial score (nSPS) is 18.5. The summed E-state index contributed by atoms with van der Waals surface area (Å²) in [5.74, 6) is -0.872. The second kappa shape index (κ2) is 9.04. The number of ether oxygens (including phenoxy) is 2. The van der Waals surface area contributed by atoms with Gasteiger partial charge in [-0.05, 0) is 19.8 Å². The van der Waals surface area contributed by atoms with Gasteiger partial charge in [-0.15, -0.1) is 0 Å². The molecule has 0 aromatic carbocycles. The molecule has 0 bridgehead atoms. The summed E-state index contributed by atoms with van der Waals surface area (Å²) in [5, 5.41) is 7.89. The Labute approximate surface area is 111 Å². The van der Waals surface area contributed by atoms with Crippen LogP contribution in [0.4, 0.5) is 0 Å². The molecule has 2 fully saturated rings. The van der Waals surface area contributed by atoms with Gasteiger partial charge in [-0.3, -0.25) is 4.79 Å². The van der Waals surface area contributed by atoms with E-state index >= 15 is 0 Å². The molecular formula is C13H18O6. The van der Waals surface area contributed by atoms with E-state index in [1.165, 1.54) is 13.2 Å². The molecule has 1 heterocycles. The molecule has 1 saturated heterocycles. The average molecular weight is 270 g/mol. The molecule has 19 heavy (non-hydrogen) atoms. The lowest BCUT2D eigenvalue weighted by Crippen LogP contribution is -2.00. The van der Waals surface area contributed by atoms with Crippen LogP contribution in [0.2, 0.25) is 0 Å². The third-order valence-electron chi connectivity index (χ3n) is 1.99. The van der Waals surface area contributed by atoms with Crippen LogP contribution < -0.4 is 0 Å². The number of carboxylic acids is 1. The fourth-order valence-corrected chi connectivity index (χ4v) is 0.632. The molecule has 106 valence electrons. The van der Waals surface area contributed by atoms with Gasteiger partial charge >= 0.3 is 11.9 Å². The topological polar surface area (TPSA) is 93.2 Å². The predicted octanol–water partition coefficient (Wildman–Crippen LogP) is 1.31. The van der Waals surface area contributed by atoms with E-state index in [4.69, 9.17) is 5.11 Å². The van der Waals surface area contributed by atoms with Crippen molar-refractivity contribution in [3.05, 3.63) is 25.0 Å². The maximum absolute atomic E-state index is 10.5. The molecule has 0 aromatic heterocycles. The van der Waals surface area contributed by atoms with Gasteiger partial charge in [-0.25, -0.2) is 4.79 Å². The van der Waals surface area contributed by atoms with Crippen molar-refractivity contribution in [3.8, 4) is 0 Å². The molecule has 1 aliphatic carbocycles. The van der Waals surface area contributed by atoms with E-state index in [1.54, 1.807) is 0 Å². The Bertz CT molecular complexity index is 340. The standard InChI is InChI=1S/C6H8O2.C4H6O2.C3H4O2/c1-2-8-6(7)5-3-4-5;1-3(2)4(5)6;4-1-3-2-5-3/h2,5H,1,3-4H2;1H2,2H3,(H,5,6);1,3H,2H2. The zero-order chi connectivity index (χ0) is 14.8. The largest absolute Gasteiger partial charge is 0.478 e. The van der Waals surface area contributed by atoms with Crippen molar-refractivity contribution >= 4 is 18.2 Å². The van der Waals surface area contributed by atoms with Crippen LogP contribution in [-0.4, -0.2) is 36.0 Å². The highest BCUT2D eigenvalue weighted by Gasteiger charge is 2.30. The molecule has 0 radical (unpaired) electrons. The van der Waals surface area contributed by atoms with Crippen LogP contribution in [0.15, 0.2) is 25.0 Å². The summed E-state index contributed by atoms with van der Waals surface area (Å²) in [5.41, 5.74) is 0.176. The van der Waals surface area contributed by atoms with Gasteiger partial charge in [0.1, 0.15) is 6.10 Å². The maximum Gasteiger partial charge on any atom is 0.330 e. The molecule has 1 N–H and O–H groups in total. The van der Waals surface area contributed by atoms with Crippen LogP contribution >= 0.6 is 0 Å². The van der Waals surface area contributed by atoms with E-state index in [0.717, 1.165) is 19.1 Å². The third-order valence-corrected chi connectivity index (χ3v) is 1.99. The first kappa shape index (κ1) is 17.1. The number of rotatable bonds is 4. The van der Waals surface area contributed by atoms with Crippen LogP contribution in [0.3, 0.4) is 0 Å². The summed E-state index contributed by atoms with van der Waals surface area (Å²) in [6.07, 6.45) is 3.93. The van der Waals surface area contributed by atoms with Crippen molar-refractivity contribution in [2.45, 2.75) is 25.9 Å². The minimum absolute atomic E-state index is 0.0463. The second-order valence-electron chi connectivity index (χ2n) is 3.97. The van der Waals surface area contributed by atoms with Crippen LogP contribution in [-0.2, 0) is 23.9 Å². The van der Waals surface area contributed by atoms with Crippen LogP contribution in [0.5, 0.6) is 0 Å². The van der Waals surface area contributed by atoms with Crippen molar-refractivity contribution in [2.75, 3.05) is 6.61 Å². The molecule has 2 rings (SSSR count). The Balaban J connectivity index is 0.000000264. The first-order valence-corrected chi connectivity index (χ1v) is 5.69. The van der Waals surface area contributed by atoms with Gasteiger partial charge in [-0.2, -0.15) is 0 Å². The maximum atomic E-state index is 10.5. The fourth-order valence-electron chi connectivity index (χ4n) is 0.632. The highest BCUT2D eigenvalue weighted by molar-refractivity contribution is 5.84. The summed E-state index contributed by atoms with van der Waals surface area (Å²) in [6.45, 7) is 8.51. The molecule has 1 saturated carbocycles. The van der Waals surface area contributed by atoms with E-state index < -0.39 is 5.97 Å².